The topological polar surface area (TPSA) is 72.2 Å². The molecule has 0 saturated heterocycles. The monoisotopic (exact) mass is 296 g/mol. The molecule has 0 spiro atoms. The third-order valence-electron chi connectivity index (χ3n) is 2.85. The Morgan fingerprint density at radius 2 is 2.05 bits per heavy atom. The Balaban J connectivity index is 2.27. The molecule has 2 aromatic rings. The van der Waals surface area contributed by atoms with Crippen LogP contribution in [0.1, 0.15) is 23.4 Å². The fraction of sp³-hybridized carbons (Fsp3) is 0.231. The highest BCUT2D eigenvalue weighted by Gasteiger charge is 2.13. The molecule has 6 heteroatoms. The van der Waals surface area contributed by atoms with E-state index in [9.17, 15) is 8.42 Å². The van der Waals surface area contributed by atoms with Gasteiger partial charge in [-0.3, -0.25) is 0 Å². The number of sulfonamides is 1. The largest absolute Gasteiger partial charge is 0.378 e. The van der Waals surface area contributed by atoms with Gasteiger partial charge in [-0.15, -0.1) is 11.3 Å². The van der Waals surface area contributed by atoms with Gasteiger partial charge >= 0.3 is 0 Å². The van der Waals surface area contributed by atoms with Crippen molar-refractivity contribution in [2.45, 2.75) is 24.8 Å². The summed E-state index contributed by atoms with van der Waals surface area (Å²) in [5.41, 5.74) is 1.40. The Bertz CT molecular complexity index is 664. The van der Waals surface area contributed by atoms with E-state index in [0.717, 1.165) is 5.69 Å². The third kappa shape index (κ3) is 3.34. The van der Waals surface area contributed by atoms with Crippen LogP contribution in [-0.4, -0.2) is 8.42 Å². The van der Waals surface area contributed by atoms with Gasteiger partial charge in [0.25, 0.3) is 0 Å². The molecule has 0 saturated carbocycles. The minimum absolute atomic E-state index is 0.121. The highest BCUT2D eigenvalue weighted by Crippen LogP contribution is 2.25. The molecule has 102 valence electrons. The Hall–Kier alpha value is -1.37. The second kappa shape index (κ2) is 5.32. The zero-order valence-electron chi connectivity index (χ0n) is 10.8. The zero-order chi connectivity index (χ0) is 14.0. The summed E-state index contributed by atoms with van der Waals surface area (Å²) in [5.74, 6) is 0. The van der Waals surface area contributed by atoms with E-state index in [0.29, 0.717) is 5.56 Å². The van der Waals surface area contributed by atoms with Crippen molar-refractivity contribution < 1.29 is 8.42 Å². The number of anilines is 1. The van der Waals surface area contributed by atoms with Gasteiger partial charge in [0.2, 0.25) is 10.0 Å². The van der Waals surface area contributed by atoms with Crippen LogP contribution < -0.4 is 10.5 Å². The van der Waals surface area contributed by atoms with Gasteiger partial charge < -0.3 is 5.32 Å². The summed E-state index contributed by atoms with van der Waals surface area (Å²) in [6, 6.07) is 9.34. The highest BCUT2D eigenvalue weighted by molar-refractivity contribution is 7.89. The van der Waals surface area contributed by atoms with Crippen molar-refractivity contribution in [3.8, 4) is 0 Å². The molecular weight excluding hydrogens is 280 g/mol. The average molecular weight is 296 g/mol. The quantitative estimate of drug-likeness (QED) is 0.911. The molecule has 0 aliphatic heterocycles. The van der Waals surface area contributed by atoms with E-state index in [2.05, 4.69) is 5.32 Å². The Labute approximate surface area is 117 Å². The number of hydrogen-bond acceptors (Lipinski definition) is 4. The number of benzene rings is 1. The van der Waals surface area contributed by atoms with Crippen molar-refractivity contribution in [1.82, 2.24) is 0 Å². The van der Waals surface area contributed by atoms with Crippen molar-refractivity contribution in [3.05, 3.63) is 46.2 Å². The predicted molar refractivity (Wildman–Crippen MR) is 78.9 cm³/mol. The molecule has 0 aliphatic carbocycles. The Kier molecular flexibility index (Phi) is 3.93. The molecule has 1 heterocycles. The maximum absolute atomic E-state index is 11.5. The first-order chi connectivity index (χ1) is 8.88. The zero-order valence-corrected chi connectivity index (χ0v) is 12.4. The van der Waals surface area contributed by atoms with E-state index in [1.165, 1.54) is 4.88 Å². The van der Waals surface area contributed by atoms with Gasteiger partial charge in [0.15, 0.2) is 0 Å². The van der Waals surface area contributed by atoms with Gasteiger partial charge in [-0.2, -0.15) is 0 Å². The summed E-state index contributed by atoms with van der Waals surface area (Å²) < 4.78 is 22.9. The van der Waals surface area contributed by atoms with Crippen LogP contribution in [0.15, 0.2) is 40.6 Å². The molecule has 0 radical (unpaired) electrons. The molecular formula is C13H16N2O2S2. The number of nitrogens with one attached hydrogen (secondary N) is 1. The number of rotatable bonds is 4. The molecule has 1 aromatic heterocycles. The minimum Gasteiger partial charge on any atom is -0.378 e. The summed E-state index contributed by atoms with van der Waals surface area (Å²) in [4.78, 5) is 1.36. The van der Waals surface area contributed by atoms with Crippen LogP contribution in [0, 0.1) is 6.92 Å². The molecule has 1 aromatic carbocycles. The molecule has 0 aliphatic rings. The van der Waals surface area contributed by atoms with E-state index in [1.54, 1.807) is 30.4 Å². The summed E-state index contributed by atoms with van der Waals surface area (Å²) in [6.45, 7) is 3.76. The van der Waals surface area contributed by atoms with Crippen molar-refractivity contribution in [2.24, 2.45) is 5.14 Å². The number of primary sulfonamides is 1. The predicted octanol–water partition coefficient (Wildman–Crippen LogP) is 2.88. The van der Waals surface area contributed by atoms with E-state index in [-0.39, 0.29) is 10.9 Å². The van der Waals surface area contributed by atoms with Crippen LogP contribution in [0.5, 0.6) is 0 Å². The molecule has 1 unspecified atom stereocenters. The molecule has 0 fully saturated rings. The molecule has 4 nitrogen and oxygen atoms in total. The fourth-order valence-electron chi connectivity index (χ4n) is 1.86. The third-order valence-corrected chi connectivity index (χ3v) is 4.96. The van der Waals surface area contributed by atoms with E-state index in [1.807, 2.05) is 30.5 Å². The number of hydrogen-bond donors (Lipinski definition) is 2. The Morgan fingerprint density at radius 3 is 2.63 bits per heavy atom. The standard InChI is InChI=1S/C13H16N2O2S2/c1-9-5-6-11(8-13(9)19(14,16)17)15-10(2)12-4-3-7-18-12/h3-8,10,15H,1-2H3,(H2,14,16,17). The molecule has 19 heavy (non-hydrogen) atoms. The van der Waals surface area contributed by atoms with Crippen molar-refractivity contribution in [1.29, 1.82) is 0 Å². The molecule has 2 rings (SSSR count). The van der Waals surface area contributed by atoms with Gasteiger partial charge in [-0.25, -0.2) is 13.6 Å². The van der Waals surface area contributed by atoms with Crippen LogP contribution in [0.4, 0.5) is 5.69 Å². The Morgan fingerprint density at radius 1 is 1.32 bits per heavy atom. The van der Waals surface area contributed by atoms with E-state index in [4.69, 9.17) is 5.14 Å². The summed E-state index contributed by atoms with van der Waals surface area (Å²) >= 11 is 1.66. The summed E-state index contributed by atoms with van der Waals surface area (Å²) in [6.07, 6.45) is 0. The van der Waals surface area contributed by atoms with Crippen LogP contribution in [0.25, 0.3) is 0 Å². The van der Waals surface area contributed by atoms with Crippen LogP contribution in [0.2, 0.25) is 0 Å². The SMILES string of the molecule is Cc1ccc(NC(C)c2cccs2)cc1S(N)(=O)=O. The van der Waals surface area contributed by atoms with Crippen molar-refractivity contribution >= 4 is 27.0 Å². The van der Waals surface area contributed by atoms with Crippen molar-refractivity contribution in [2.75, 3.05) is 5.32 Å². The lowest BCUT2D eigenvalue weighted by atomic mass is 10.2. The number of nitrogens with two attached hydrogens (primary N) is 1. The molecule has 0 amide bonds. The summed E-state index contributed by atoms with van der Waals surface area (Å²) in [5, 5.41) is 10.5. The van der Waals surface area contributed by atoms with Crippen LogP contribution >= 0.6 is 11.3 Å². The number of aryl methyl sites for hydroxylation is 1. The normalized spacial score (nSPS) is 13.2. The second-order valence-electron chi connectivity index (χ2n) is 4.41. The summed E-state index contributed by atoms with van der Waals surface area (Å²) in [7, 11) is -3.68. The van der Waals surface area contributed by atoms with E-state index >= 15 is 0 Å². The lowest BCUT2D eigenvalue weighted by Gasteiger charge is -2.15. The minimum atomic E-state index is -3.68. The van der Waals surface area contributed by atoms with Crippen LogP contribution in [0.3, 0.4) is 0 Å². The highest BCUT2D eigenvalue weighted by atomic mass is 32.2. The first-order valence-electron chi connectivity index (χ1n) is 5.81. The maximum atomic E-state index is 11.5. The van der Waals surface area contributed by atoms with Gasteiger partial charge in [-0.05, 0) is 43.0 Å². The second-order valence-corrected chi connectivity index (χ2v) is 6.92. The van der Waals surface area contributed by atoms with Crippen LogP contribution in [-0.2, 0) is 10.0 Å². The van der Waals surface area contributed by atoms with Gasteiger partial charge in [0, 0.05) is 10.6 Å². The first kappa shape index (κ1) is 14.0. The van der Waals surface area contributed by atoms with E-state index < -0.39 is 10.0 Å². The van der Waals surface area contributed by atoms with Crippen molar-refractivity contribution in [3.63, 3.8) is 0 Å². The first-order valence-corrected chi connectivity index (χ1v) is 8.24. The number of thiophene rings is 1. The molecule has 1 atom stereocenters. The van der Waals surface area contributed by atoms with Gasteiger partial charge in [-0.1, -0.05) is 12.1 Å². The van der Waals surface area contributed by atoms with Gasteiger partial charge in [0.05, 0.1) is 10.9 Å². The fourth-order valence-corrected chi connectivity index (χ4v) is 3.40. The smallest absolute Gasteiger partial charge is 0.238 e. The lowest BCUT2D eigenvalue weighted by Crippen LogP contribution is -2.14. The molecule has 0 bridgehead atoms. The molecule has 3 N–H and O–H groups in total. The lowest BCUT2D eigenvalue weighted by molar-refractivity contribution is 0.597. The maximum Gasteiger partial charge on any atom is 0.238 e. The average Bonchev–Trinajstić information content (AvgIpc) is 2.83. The van der Waals surface area contributed by atoms with Gasteiger partial charge in [0.1, 0.15) is 0 Å².